The molecule has 0 radical (unpaired) electrons. The SMILES string of the molecule is C[C@H]1c2ccccc2O[C@@H]1C(=O)N(CC(=O)O)C1CCN(S(C)(=O)=O)CC1. The van der Waals surface area contributed by atoms with E-state index in [4.69, 9.17) is 4.74 Å². The third-order valence-electron chi connectivity index (χ3n) is 5.28. The van der Waals surface area contributed by atoms with E-state index in [9.17, 15) is 23.1 Å². The number of benzene rings is 1. The maximum absolute atomic E-state index is 13.1. The van der Waals surface area contributed by atoms with Crippen LogP contribution in [0, 0.1) is 0 Å². The minimum absolute atomic E-state index is 0.180. The zero-order valence-corrected chi connectivity index (χ0v) is 16.2. The van der Waals surface area contributed by atoms with E-state index in [2.05, 4.69) is 0 Å². The lowest BCUT2D eigenvalue weighted by Crippen LogP contribution is -2.53. The molecule has 0 unspecified atom stereocenters. The number of carboxylic acids is 1. The zero-order chi connectivity index (χ0) is 19.8. The molecule has 27 heavy (non-hydrogen) atoms. The van der Waals surface area contributed by atoms with Gasteiger partial charge < -0.3 is 14.7 Å². The highest BCUT2D eigenvalue weighted by Gasteiger charge is 2.41. The first-order chi connectivity index (χ1) is 12.7. The summed E-state index contributed by atoms with van der Waals surface area (Å²) in [7, 11) is -3.29. The van der Waals surface area contributed by atoms with Crippen molar-refractivity contribution in [3.8, 4) is 5.75 Å². The minimum atomic E-state index is -3.29. The Balaban J connectivity index is 1.76. The maximum atomic E-state index is 13.1. The first kappa shape index (κ1) is 19.6. The van der Waals surface area contributed by atoms with Crippen LogP contribution >= 0.6 is 0 Å². The van der Waals surface area contributed by atoms with Gasteiger partial charge in [0.15, 0.2) is 6.10 Å². The molecule has 1 amide bonds. The van der Waals surface area contributed by atoms with Crippen LogP contribution < -0.4 is 4.74 Å². The van der Waals surface area contributed by atoms with Gasteiger partial charge in [-0.3, -0.25) is 9.59 Å². The van der Waals surface area contributed by atoms with E-state index >= 15 is 0 Å². The van der Waals surface area contributed by atoms with Crippen molar-refractivity contribution < 1.29 is 27.9 Å². The Kier molecular flexibility index (Phi) is 5.43. The number of carboxylic acid groups (broad SMARTS) is 1. The Morgan fingerprint density at radius 3 is 2.44 bits per heavy atom. The Bertz CT molecular complexity index is 832. The van der Waals surface area contributed by atoms with E-state index in [-0.39, 0.29) is 31.0 Å². The standard InChI is InChI=1S/C18H24N2O6S/c1-12-14-5-3-4-6-15(14)26-17(12)18(23)20(11-16(21)22)13-7-9-19(10-8-13)27(2,24)25/h3-6,12-13,17H,7-11H2,1-2H3,(H,21,22)/t12-,17-/m0/s1. The van der Waals surface area contributed by atoms with E-state index in [0.717, 1.165) is 11.8 Å². The number of ether oxygens (including phenoxy) is 1. The molecule has 1 aromatic carbocycles. The number of hydrogen-bond acceptors (Lipinski definition) is 5. The first-order valence-electron chi connectivity index (χ1n) is 8.91. The second-order valence-electron chi connectivity index (χ2n) is 7.12. The van der Waals surface area contributed by atoms with Crippen LogP contribution in [0.3, 0.4) is 0 Å². The summed E-state index contributed by atoms with van der Waals surface area (Å²) in [5, 5.41) is 9.29. The largest absolute Gasteiger partial charge is 0.480 e. The molecule has 1 aromatic rings. The lowest BCUT2D eigenvalue weighted by molar-refractivity contribution is -0.150. The van der Waals surface area contributed by atoms with Crippen molar-refractivity contribution in [1.29, 1.82) is 0 Å². The molecule has 1 N–H and O–H groups in total. The summed E-state index contributed by atoms with van der Waals surface area (Å²) < 4.78 is 30.5. The van der Waals surface area contributed by atoms with Crippen molar-refractivity contribution in [1.82, 2.24) is 9.21 Å². The highest BCUT2D eigenvalue weighted by atomic mass is 32.2. The average molecular weight is 396 g/mol. The number of nitrogens with zero attached hydrogens (tertiary/aromatic N) is 2. The number of para-hydroxylation sites is 1. The molecular formula is C18H24N2O6S. The van der Waals surface area contributed by atoms with E-state index < -0.39 is 28.6 Å². The van der Waals surface area contributed by atoms with Gasteiger partial charge in [-0.1, -0.05) is 25.1 Å². The number of hydrogen-bond donors (Lipinski definition) is 1. The lowest BCUT2D eigenvalue weighted by Gasteiger charge is -2.38. The van der Waals surface area contributed by atoms with Crippen LogP contribution in [-0.4, -0.2) is 72.6 Å². The van der Waals surface area contributed by atoms with Crippen molar-refractivity contribution >= 4 is 21.9 Å². The first-order valence-corrected chi connectivity index (χ1v) is 10.8. The smallest absolute Gasteiger partial charge is 0.323 e. The predicted octanol–water partition coefficient (Wildman–Crippen LogP) is 0.888. The monoisotopic (exact) mass is 396 g/mol. The summed E-state index contributed by atoms with van der Waals surface area (Å²) in [4.78, 5) is 25.8. The van der Waals surface area contributed by atoms with Crippen LogP contribution in [0.25, 0.3) is 0 Å². The Hall–Kier alpha value is -2.13. The number of rotatable bonds is 5. The quantitative estimate of drug-likeness (QED) is 0.793. The van der Waals surface area contributed by atoms with Crippen molar-refractivity contribution in [3.63, 3.8) is 0 Å². The van der Waals surface area contributed by atoms with Crippen molar-refractivity contribution in [3.05, 3.63) is 29.8 Å². The fraction of sp³-hybridized carbons (Fsp3) is 0.556. The number of piperidine rings is 1. The van der Waals surface area contributed by atoms with E-state index in [1.165, 1.54) is 9.21 Å². The Labute approximate surface area is 158 Å². The molecule has 1 fully saturated rings. The van der Waals surface area contributed by atoms with Crippen molar-refractivity contribution in [2.75, 3.05) is 25.9 Å². The summed E-state index contributed by atoms with van der Waals surface area (Å²) >= 11 is 0. The number of fused-ring (bicyclic) bond motifs is 1. The molecule has 8 nitrogen and oxygen atoms in total. The molecule has 0 saturated carbocycles. The number of carbonyl (C=O) groups is 2. The molecule has 1 saturated heterocycles. The van der Waals surface area contributed by atoms with Gasteiger partial charge in [-0.15, -0.1) is 0 Å². The summed E-state index contributed by atoms with van der Waals surface area (Å²) in [6.45, 7) is 2.01. The molecule has 3 rings (SSSR count). The highest BCUT2D eigenvalue weighted by Crippen LogP contribution is 2.38. The lowest BCUT2D eigenvalue weighted by atomic mass is 9.95. The van der Waals surface area contributed by atoms with Crippen LogP contribution in [0.15, 0.2) is 24.3 Å². The summed E-state index contributed by atoms with van der Waals surface area (Å²) in [5.74, 6) is -0.998. The fourth-order valence-electron chi connectivity index (χ4n) is 3.81. The third-order valence-corrected chi connectivity index (χ3v) is 6.59. The molecule has 0 spiro atoms. The normalized spacial score (nSPS) is 23.5. The number of amides is 1. The van der Waals surface area contributed by atoms with Gasteiger partial charge in [0.05, 0.1) is 6.26 Å². The van der Waals surface area contributed by atoms with Crippen molar-refractivity contribution in [2.24, 2.45) is 0 Å². The number of aliphatic carboxylic acids is 1. The van der Waals surface area contributed by atoms with E-state index in [0.29, 0.717) is 18.6 Å². The Morgan fingerprint density at radius 2 is 1.89 bits per heavy atom. The van der Waals surface area contributed by atoms with E-state index in [1.54, 1.807) is 6.07 Å². The van der Waals surface area contributed by atoms with Gasteiger partial charge in [0, 0.05) is 30.6 Å². The molecule has 9 heteroatoms. The van der Waals surface area contributed by atoms with E-state index in [1.807, 2.05) is 25.1 Å². The van der Waals surface area contributed by atoms with Gasteiger partial charge in [-0.2, -0.15) is 0 Å². The fourth-order valence-corrected chi connectivity index (χ4v) is 4.69. The molecular weight excluding hydrogens is 372 g/mol. The van der Waals surface area contributed by atoms with Crippen molar-refractivity contribution in [2.45, 2.75) is 37.8 Å². The second kappa shape index (κ2) is 7.47. The highest BCUT2D eigenvalue weighted by molar-refractivity contribution is 7.88. The van der Waals surface area contributed by atoms with Crippen LogP contribution in [0.5, 0.6) is 5.75 Å². The Morgan fingerprint density at radius 1 is 1.26 bits per heavy atom. The minimum Gasteiger partial charge on any atom is -0.480 e. The summed E-state index contributed by atoms with van der Waals surface area (Å²) in [6, 6.07) is 7.08. The molecule has 2 atom stereocenters. The van der Waals surface area contributed by atoms with Gasteiger partial charge in [0.25, 0.3) is 5.91 Å². The summed E-state index contributed by atoms with van der Waals surface area (Å²) in [6.07, 6.45) is 1.19. The van der Waals surface area contributed by atoms with Gasteiger partial charge in [0.2, 0.25) is 10.0 Å². The topological polar surface area (TPSA) is 104 Å². The van der Waals surface area contributed by atoms with Gasteiger partial charge >= 0.3 is 5.97 Å². The zero-order valence-electron chi connectivity index (χ0n) is 15.4. The predicted molar refractivity (Wildman–Crippen MR) is 98.1 cm³/mol. The summed E-state index contributed by atoms with van der Waals surface area (Å²) in [5.41, 5.74) is 0.929. The average Bonchev–Trinajstić information content (AvgIpc) is 2.95. The van der Waals surface area contributed by atoms with Crippen LogP contribution in [0.2, 0.25) is 0 Å². The molecule has 2 heterocycles. The van der Waals surface area contributed by atoms with Crippen LogP contribution in [0.4, 0.5) is 0 Å². The molecule has 2 aliphatic heterocycles. The maximum Gasteiger partial charge on any atom is 0.323 e. The molecule has 0 aliphatic carbocycles. The van der Waals surface area contributed by atoms with Crippen LogP contribution in [-0.2, 0) is 19.6 Å². The van der Waals surface area contributed by atoms with Gasteiger partial charge in [-0.25, -0.2) is 12.7 Å². The van der Waals surface area contributed by atoms with Gasteiger partial charge in [0.1, 0.15) is 12.3 Å². The molecule has 0 bridgehead atoms. The number of sulfonamides is 1. The molecule has 2 aliphatic rings. The van der Waals surface area contributed by atoms with Gasteiger partial charge in [-0.05, 0) is 18.9 Å². The second-order valence-corrected chi connectivity index (χ2v) is 9.10. The molecule has 0 aromatic heterocycles. The molecule has 148 valence electrons. The number of carbonyl (C=O) groups excluding carboxylic acids is 1. The third kappa shape index (κ3) is 4.08. The van der Waals surface area contributed by atoms with Crippen LogP contribution in [0.1, 0.15) is 31.2 Å².